The molecule has 5 nitrogen and oxygen atoms in total. The third kappa shape index (κ3) is 2.84. The number of hydrogen-bond acceptors (Lipinski definition) is 5. The van der Waals surface area contributed by atoms with Gasteiger partial charge in [0.15, 0.2) is 0 Å². The molecule has 2 N–H and O–H groups in total. The monoisotopic (exact) mass is 312 g/mol. The van der Waals surface area contributed by atoms with Crippen LogP contribution in [0.3, 0.4) is 0 Å². The van der Waals surface area contributed by atoms with E-state index < -0.39 is 5.60 Å². The number of amides is 1. The van der Waals surface area contributed by atoms with Crippen molar-refractivity contribution in [3.8, 4) is 0 Å². The van der Waals surface area contributed by atoms with Crippen molar-refractivity contribution in [3.63, 3.8) is 0 Å². The Morgan fingerprint density at radius 2 is 2.29 bits per heavy atom. The lowest BCUT2D eigenvalue weighted by Gasteiger charge is -2.57. The van der Waals surface area contributed by atoms with E-state index in [-0.39, 0.29) is 24.0 Å². The number of aliphatic hydroxyl groups is 1. The van der Waals surface area contributed by atoms with Crippen LogP contribution >= 0.6 is 11.3 Å². The van der Waals surface area contributed by atoms with Gasteiger partial charge >= 0.3 is 0 Å². The normalized spacial score (nSPS) is 27.2. The molecule has 21 heavy (non-hydrogen) atoms. The fourth-order valence-corrected chi connectivity index (χ4v) is 3.57. The van der Waals surface area contributed by atoms with E-state index in [1.54, 1.807) is 5.51 Å². The zero-order valence-corrected chi connectivity index (χ0v) is 13.9. The molecular weight excluding hydrogens is 288 g/mol. The van der Waals surface area contributed by atoms with Gasteiger partial charge in [0.2, 0.25) is 0 Å². The molecule has 1 aromatic heterocycles. The maximum Gasteiger partial charge on any atom is 0.263 e. The Labute approximate surface area is 129 Å². The van der Waals surface area contributed by atoms with E-state index in [9.17, 15) is 9.90 Å². The number of aromatic nitrogens is 1. The number of thiazole rings is 1. The Bertz CT molecular complexity index is 515. The van der Waals surface area contributed by atoms with E-state index in [0.717, 1.165) is 12.1 Å². The molecule has 0 spiro atoms. The Hall–Kier alpha value is -0.980. The molecular formula is C15H24N2O3S. The summed E-state index contributed by atoms with van der Waals surface area (Å²) in [6, 6.07) is 0. The molecule has 0 saturated heterocycles. The standard InChI is InChI=1S/C15H24N2O3S/c1-5-10-12(21-9-17-10)13(18)16-8-15(19)7-11(20-6-2)14(15,3)4/h9,11,19H,5-8H2,1-4H3,(H,16,18)/t11-,15+/m1/s1. The summed E-state index contributed by atoms with van der Waals surface area (Å²) in [6.07, 6.45) is 1.32. The van der Waals surface area contributed by atoms with Crippen LogP contribution in [0.25, 0.3) is 0 Å². The minimum atomic E-state index is -0.917. The molecule has 0 unspecified atom stereocenters. The molecule has 1 fully saturated rings. The molecule has 0 radical (unpaired) electrons. The van der Waals surface area contributed by atoms with Crippen LogP contribution in [0.5, 0.6) is 0 Å². The average molecular weight is 312 g/mol. The molecule has 0 aromatic carbocycles. The van der Waals surface area contributed by atoms with Crippen molar-refractivity contribution < 1.29 is 14.6 Å². The van der Waals surface area contributed by atoms with Crippen LogP contribution < -0.4 is 5.32 Å². The largest absolute Gasteiger partial charge is 0.387 e. The second-order valence-corrected chi connectivity index (χ2v) is 6.92. The van der Waals surface area contributed by atoms with Crippen LogP contribution in [0.2, 0.25) is 0 Å². The predicted molar refractivity (Wildman–Crippen MR) is 82.6 cm³/mol. The van der Waals surface area contributed by atoms with Crippen LogP contribution in [0, 0.1) is 5.41 Å². The van der Waals surface area contributed by atoms with Crippen LogP contribution in [-0.2, 0) is 11.2 Å². The maximum absolute atomic E-state index is 12.2. The Balaban J connectivity index is 1.96. The van der Waals surface area contributed by atoms with E-state index in [1.807, 2.05) is 27.7 Å². The van der Waals surface area contributed by atoms with Gasteiger partial charge in [0.1, 0.15) is 4.88 Å². The van der Waals surface area contributed by atoms with Crippen molar-refractivity contribution in [1.29, 1.82) is 0 Å². The molecule has 1 aliphatic carbocycles. The Kier molecular flexibility index (Phi) is 4.70. The number of carbonyl (C=O) groups is 1. The van der Waals surface area contributed by atoms with Gasteiger partial charge in [-0.3, -0.25) is 4.79 Å². The van der Waals surface area contributed by atoms with Gasteiger partial charge in [0.05, 0.1) is 22.9 Å². The molecule has 0 aliphatic heterocycles. The first-order valence-electron chi connectivity index (χ1n) is 7.40. The highest BCUT2D eigenvalue weighted by Crippen LogP contribution is 2.50. The molecule has 1 saturated carbocycles. The average Bonchev–Trinajstić information content (AvgIpc) is 2.93. The summed E-state index contributed by atoms with van der Waals surface area (Å²) < 4.78 is 5.62. The van der Waals surface area contributed by atoms with Gasteiger partial charge in [-0.1, -0.05) is 20.8 Å². The molecule has 1 amide bonds. The molecule has 1 aliphatic rings. The number of rotatable bonds is 6. The third-order valence-corrected chi connectivity index (χ3v) is 5.49. The SMILES string of the molecule is CCO[C@@H]1C[C@](O)(CNC(=O)c2scnc2CC)C1(C)C. The van der Waals surface area contributed by atoms with Crippen LogP contribution in [-0.4, -0.2) is 40.9 Å². The smallest absolute Gasteiger partial charge is 0.263 e. The summed E-state index contributed by atoms with van der Waals surface area (Å²) in [5.74, 6) is -0.154. The van der Waals surface area contributed by atoms with Crippen molar-refractivity contribution in [3.05, 3.63) is 16.1 Å². The summed E-state index contributed by atoms with van der Waals surface area (Å²) in [6.45, 7) is 8.76. The van der Waals surface area contributed by atoms with Gasteiger partial charge in [0.25, 0.3) is 5.91 Å². The van der Waals surface area contributed by atoms with E-state index in [1.165, 1.54) is 11.3 Å². The Morgan fingerprint density at radius 3 is 2.86 bits per heavy atom. The summed E-state index contributed by atoms with van der Waals surface area (Å²) in [7, 11) is 0. The van der Waals surface area contributed by atoms with Crippen molar-refractivity contribution in [2.24, 2.45) is 5.41 Å². The minimum Gasteiger partial charge on any atom is -0.387 e. The molecule has 1 heterocycles. The number of nitrogens with one attached hydrogen (secondary N) is 1. The molecule has 118 valence electrons. The number of nitrogens with zero attached hydrogens (tertiary/aromatic N) is 1. The van der Waals surface area contributed by atoms with Crippen LogP contribution in [0.4, 0.5) is 0 Å². The lowest BCUT2D eigenvalue weighted by molar-refractivity contribution is -0.237. The van der Waals surface area contributed by atoms with Gasteiger partial charge in [-0.2, -0.15) is 0 Å². The summed E-state index contributed by atoms with van der Waals surface area (Å²) in [4.78, 5) is 17.0. The highest BCUT2D eigenvalue weighted by Gasteiger charge is 2.59. The van der Waals surface area contributed by atoms with Gasteiger partial charge in [0, 0.05) is 25.0 Å². The first-order chi connectivity index (χ1) is 9.85. The highest BCUT2D eigenvalue weighted by atomic mass is 32.1. The van der Waals surface area contributed by atoms with E-state index in [0.29, 0.717) is 17.9 Å². The zero-order valence-electron chi connectivity index (χ0n) is 13.1. The first-order valence-corrected chi connectivity index (χ1v) is 8.28. The van der Waals surface area contributed by atoms with Crippen molar-refractivity contribution >= 4 is 17.2 Å². The van der Waals surface area contributed by atoms with E-state index >= 15 is 0 Å². The fourth-order valence-electron chi connectivity index (χ4n) is 2.77. The van der Waals surface area contributed by atoms with E-state index in [2.05, 4.69) is 10.3 Å². The summed E-state index contributed by atoms with van der Waals surface area (Å²) in [5.41, 5.74) is 1.21. The molecule has 6 heteroatoms. The third-order valence-electron chi connectivity index (χ3n) is 4.62. The fraction of sp³-hybridized carbons (Fsp3) is 0.733. The number of ether oxygens (including phenoxy) is 1. The van der Waals surface area contributed by atoms with Crippen molar-refractivity contribution in [2.75, 3.05) is 13.2 Å². The first kappa shape index (κ1) is 16.4. The quantitative estimate of drug-likeness (QED) is 0.843. The highest BCUT2D eigenvalue weighted by molar-refractivity contribution is 7.11. The molecule has 2 atom stereocenters. The lowest BCUT2D eigenvalue weighted by atomic mass is 9.56. The Morgan fingerprint density at radius 1 is 1.57 bits per heavy atom. The van der Waals surface area contributed by atoms with Gasteiger partial charge in [-0.15, -0.1) is 11.3 Å². The van der Waals surface area contributed by atoms with Crippen molar-refractivity contribution in [1.82, 2.24) is 10.3 Å². The van der Waals surface area contributed by atoms with E-state index in [4.69, 9.17) is 4.74 Å². The predicted octanol–water partition coefficient (Wildman–Crippen LogP) is 2.00. The molecule has 2 rings (SSSR count). The topological polar surface area (TPSA) is 71.5 Å². The summed E-state index contributed by atoms with van der Waals surface area (Å²) in [5, 5.41) is 13.5. The number of aryl methyl sites for hydroxylation is 1. The van der Waals surface area contributed by atoms with Gasteiger partial charge in [-0.05, 0) is 13.3 Å². The summed E-state index contributed by atoms with van der Waals surface area (Å²) >= 11 is 1.34. The van der Waals surface area contributed by atoms with Crippen LogP contribution in [0.1, 0.15) is 49.5 Å². The molecule has 0 bridgehead atoms. The number of hydrogen-bond donors (Lipinski definition) is 2. The van der Waals surface area contributed by atoms with Crippen molar-refractivity contribution in [2.45, 2.75) is 52.2 Å². The lowest BCUT2D eigenvalue weighted by Crippen LogP contribution is -2.68. The number of carbonyl (C=O) groups excluding carboxylic acids is 1. The maximum atomic E-state index is 12.2. The molecule has 1 aromatic rings. The van der Waals surface area contributed by atoms with Gasteiger partial charge in [-0.25, -0.2) is 4.98 Å². The van der Waals surface area contributed by atoms with Gasteiger partial charge < -0.3 is 15.2 Å². The van der Waals surface area contributed by atoms with Crippen LogP contribution in [0.15, 0.2) is 5.51 Å². The minimum absolute atomic E-state index is 0.0407. The zero-order chi connectivity index (χ0) is 15.7. The second kappa shape index (κ2) is 6.02. The second-order valence-electron chi connectivity index (χ2n) is 6.07.